The van der Waals surface area contributed by atoms with Crippen molar-refractivity contribution in [1.29, 1.82) is 0 Å². The van der Waals surface area contributed by atoms with E-state index >= 15 is 0 Å². The van der Waals surface area contributed by atoms with Crippen molar-refractivity contribution in [2.75, 3.05) is 6.61 Å². The maximum Gasteiger partial charge on any atom is 0.342 e. The zero-order valence-corrected chi connectivity index (χ0v) is 16.0. The molecule has 0 spiro atoms. The van der Waals surface area contributed by atoms with Crippen LogP contribution in [0.4, 0.5) is 4.39 Å². The molecule has 28 heavy (non-hydrogen) atoms. The van der Waals surface area contributed by atoms with Gasteiger partial charge >= 0.3 is 5.97 Å². The Hall–Kier alpha value is -2.80. The molecule has 2 atom stereocenters. The minimum atomic E-state index is -1.58. The van der Waals surface area contributed by atoms with Crippen LogP contribution in [-0.4, -0.2) is 30.4 Å². The summed E-state index contributed by atoms with van der Waals surface area (Å²) < 4.78 is 25.4. The van der Waals surface area contributed by atoms with Crippen LogP contribution in [0.25, 0.3) is 0 Å². The first-order valence-corrected chi connectivity index (χ1v) is 9.26. The number of carbonyl (C=O) groups excluding carboxylic acids is 1. The molecule has 148 valence electrons. The molecule has 1 aliphatic carbocycles. The Morgan fingerprint density at radius 1 is 1.39 bits per heavy atom. The lowest BCUT2D eigenvalue weighted by atomic mass is 10.0. The molecule has 0 radical (unpaired) electrons. The molecule has 0 bridgehead atoms. The highest BCUT2D eigenvalue weighted by Gasteiger charge is 2.36. The molecule has 0 aromatic heterocycles. The van der Waals surface area contributed by atoms with Crippen molar-refractivity contribution in [2.45, 2.75) is 39.1 Å². The molecular formula is C21H24FN3O3. The summed E-state index contributed by atoms with van der Waals surface area (Å²) in [5, 5.41) is 3.41. The van der Waals surface area contributed by atoms with E-state index in [0.29, 0.717) is 24.7 Å². The zero-order chi connectivity index (χ0) is 20.1. The van der Waals surface area contributed by atoms with Crippen LogP contribution in [0.5, 0.6) is 0 Å². The van der Waals surface area contributed by atoms with Crippen molar-refractivity contribution >= 4 is 17.6 Å². The number of hydrogen-bond donors (Lipinski definition) is 1. The number of esters is 1. The van der Waals surface area contributed by atoms with Crippen molar-refractivity contribution < 1.29 is 18.7 Å². The number of hydrazone groups is 1. The van der Waals surface area contributed by atoms with Gasteiger partial charge in [-0.15, -0.1) is 0 Å². The lowest BCUT2D eigenvalue weighted by Crippen LogP contribution is -2.25. The Labute approximate surface area is 163 Å². The molecule has 0 amide bonds. The van der Waals surface area contributed by atoms with E-state index < -0.39 is 18.2 Å². The van der Waals surface area contributed by atoms with E-state index in [1.807, 2.05) is 18.2 Å². The van der Waals surface area contributed by atoms with Crippen molar-refractivity contribution in [3.8, 4) is 0 Å². The molecule has 2 N–H and O–H groups in total. The number of cyclic esters (lactones) is 1. The largest absolute Gasteiger partial charge is 0.406 e. The summed E-state index contributed by atoms with van der Waals surface area (Å²) in [7, 11) is 0. The molecule has 7 heteroatoms. The van der Waals surface area contributed by atoms with E-state index in [0.717, 1.165) is 12.0 Å². The SMILES string of the molecule is CC(C)CCOCc1cccc(C2N=C(C3=CC=CC(=NN)C3F)OC2=O)c1. The van der Waals surface area contributed by atoms with E-state index in [-0.39, 0.29) is 17.2 Å². The summed E-state index contributed by atoms with van der Waals surface area (Å²) in [6, 6.07) is 6.60. The summed E-state index contributed by atoms with van der Waals surface area (Å²) in [4.78, 5) is 16.7. The van der Waals surface area contributed by atoms with Crippen LogP contribution in [-0.2, 0) is 20.9 Å². The lowest BCUT2D eigenvalue weighted by molar-refractivity contribution is -0.135. The quantitative estimate of drug-likeness (QED) is 0.337. The van der Waals surface area contributed by atoms with Crippen molar-refractivity contribution in [2.24, 2.45) is 21.9 Å². The number of allylic oxidation sites excluding steroid dienone is 3. The van der Waals surface area contributed by atoms with Gasteiger partial charge in [0, 0.05) is 6.61 Å². The molecule has 1 heterocycles. The number of hydrogen-bond acceptors (Lipinski definition) is 6. The highest BCUT2D eigenvalue weighted by atomic mass is 19.1. The lowest BCUT2D eigenvalue weighted by Gasteiger charge is -2.14. The van der Waals surface area contributed by atoms with Gasteiger partial charge in [-0.2, -0.15) is 5.10 Å². The van der Waals surface area contributed by atoms with Gasteiger partial charge in [-0.05, 0) is 29.5 Å². The normalized spacial score (nSPS) is 23.1. The first-order valence-electron chi connectivity index (χ1n) is 9.26. The Morgan fingerprint density at radius 2 is 2.21 bits per heavy atom. The van der Waals surface area contributed by atoms with Crippen molar-refractivity contribution in [1.82, 2.24) is 0 Å². The molecule has 0 saturated carbocycles. The summed E-state index contributed by atoms with van der Waals surface area (Å²) in [6.07, 6.45) is 3.97. The topological polar surface area (TPSA) is 86.3 Å². The van der Waals surface area contributed by atoms with Crippen LogP contribution < -0.4 is 5.84 Å². The van der Waals surface area contributed by atoms with E-state index in [1.165, 1.54) is 12.2 Å². The number of nitrogens with two attached hydrogens (primary N) is 1. The Balaban J connectivity index is 1.73. The fourth-order valence-corrected chi connectivity index (χ4v) is 2.92. The van der Waals surface area contributed by atoms with Crippen molar-refractivity contribution in [3.05, 3.63) is 59.2 Å². The fourth-order valence-electron chi connectivity index (χ4n) is 2.92. The number of rotatable bonds is 7. The van der Waals surface area contributed by atoms with E-state index in [9.17, 15) is 9.18 Å². The van der Waals surface area contributed by atoms with Gasteiger partial charge in [-0.25, -0.2) is 14.2 Å². The number of aliphatic imine (C=N–C) groups is 1. The molecule has 0 fully saturated rings. The average Bonchev–Trinajstić information content (AvgIpc) is 3.07. The van der Waals surface area contributed by atoms with Gasteiger partial charge in [-0.1, -0.05) is 50.3 Å². The van der Waals surface area contributed by atoms with E-state index in [2.05, 4.69) is 23.9 Å². The van der Waals surface area contributed by atoms with E-state index in [4.69, 9.17) is 15.3 Å². The number of alkyl halides is 1. The van der Waals surface area contributed by atoms with Gasteiger partial charge in [0.05, 0.1) is 17.9 Å². The smallest absolute Gasteiger partial charge is 0.342 e. The van der Waals surface area contributed by atoms with Crippen LogP contribution in [0, 0.1) is 5.92 Å². The molecule has 2 unspecified atom stereocenters. The number of ether oxygens (including phenoxy) is 2. The summed E-state index contributed by atoms with van der Waals surface area (Å²) in [5.41, 5.74) is 1.81. The Morgan fingerprint density at radius 3 is 2.96 bits per heavy atom. The molecular weight excluding hydrogens is 361 g/mol. The number of benzene rings is 1. The minimum Gasteiger partial charge on any atom is -0.406 e. The monoisotopic (exact) mass is 385 g/mol. The Bertz CT molecular complexity index is 858. The minimum absolute atomic E-state index is 0.0356. The van der Waals surface area contributed by atoms with Crippen LogP contribution in [0.1, 0.15) is 37.4 Å². The highest BCUT2D eigenvalue weighted by molar-refractivity contribution is 6.14. The van der Waals surface area contributed by atoms with Gasteiger partial charge in [-0.3, -0.25) is 0 Å². The average molecular weight is 385 g/mol. The van der Waals surface area contributed by atoms with Crippen molar-refractivity contribution in [3.63, 3.8) is 0 Å². The fraction of sp³-hybridized carbons (Fsp3) is 0.381. The first kappa shape index (κ1) is 19.9. The zero-order valence-electron chi connectivity index (χ0n) is 16.0. The second-order valence-corrected chi connectivity index (χ2v) is 7.14. The molecule has 3 rings (SSSR count). The summed E-state index contributed by atoms with van der Waals surface area (Å²) in [5.74, 6) is 5.20. The van der Waals surface area contributed by atoms with Gasteiger partial charge in [0.2, 0.25) is 5.90 Å². The predicted molar refractivity (Wildman–Crippen MR) is 106 cm³/mol. The van der Waals surface area contributed by atoms with Crippen LogP contribution in [0.2, 0.25) is 0 Å². The third-order valence-corrected chi connectivity index (χ3v) is 4.51. The second-order valence-electron chi connectivity index (χ2n) is 7.14. The molecule has 1 aliphatic heterocycles. The molecule has 1 aromatic rings. The van der Waals surface area contributed by atoms with Gasteiger partial charge in [0.15, 0.2) is 12.2 Å². The van der Waals surface area contributed by atoms with Crippen LogP contribution in [0.15, 0.2) is 58.2 Å². The number of nitrogens with zero attached hydrogens (tertiary/aromatic N) is 2. The second kappa shape index (κ2) is 8.93. The Kier molecular flexibility index (Phi) is 6.36. The maximum absolute atomic E-state index is 14.5. The first-order chi connectivity index (χ1) is 13.5. The molecule has 0 saturated heterocycles. The number of halogens is 1. The third-order valence-electron chi connectivity index (χ3n) is 4.51. The standard InChI is InChI=1S/C21H24FN3O3/c1-13(2)9-10-27-12-14-5-3-6-15(11-14)19-21(26)28-20(24-19)16-7-4-8-17(25-23)18(16)22/h3-8,11,13,18-19H,9-10,12,23H2,1-2H3. The summed E-state index contributed by atoms with van der Waals surface area (Å²) >= 11 is 0. The van der Waals surface area contributed by atoms with Gasteiger partial charge in [0.1, 0.15) is 0 Å². The molecule has 1 aromatic carbocycles. The third kappa shape index (κ3) is 4.54. The maximum atomic E-state index is 14.5. The van der Waals surface area contributed by atoms with Crippen LogP contribution in [0.3, 0.4) is 0 Å². The van der Waals surface area contributed by atoms with Crippen LogP contribution >= 0.6 is 0 Å². The molecule has 6 nitrogen and oxygen atoms in total. The van der Waals surface area contributed by atoms with E-state index in [1.54, 1.807) is 12.1 Å². The molecule has 2 aliphatic rings. The summed E-state index contributed by atoms with van der Waals surface area (Å²) in [6.45, 7) is 5.43. The van der Waals surface area contributed by atoms with Gasteiger partial charge < -0.3 is 15.3 Å². The highest BCUT2D eigenvalue weighted by Crippen LogP contribution is 2.29. The number of carbonyl (C=O) groups is 1. The van der Waals surface area contributed by atoms with Gasteiger partial charge in [0.25, 0.3) is 0 Å². The predicted octanol–water partition coefficient (Wildman–Crippen LogP) is 3.39.